The Kier molecular flexibility index (Phi) is 3.17. The van der Waals surface area contributed by atoms with Crippen molar-refractivity contribution < 1.29 is 4.79 Å². The van der Waals surface area contributed by atoms with E-state index in [-0.39, 0.29) is 11.8 Å². The van der Waals surface area contributed by atoms with Crippen molar-refractivity contribution in [3.8, 4) is 6.07 Å². The van der Waals surface area contributed by atoms with Crippen molar-refractivity contribution in [3.63, 3.8) is 0 Å². The summed E-state index contributed by atoms with van der Waals surface area (Å²) in [5.41, 5.74) is 3.24. The van der Waals surface area contributed by atoms with E-state index in [0.717, 1.165) is 12.0 Å². The molecule has 1 aliphatic carbocycles. The van der Waals surface area contributed by atoms with Gasteiger partial charge in [-0.3, -0.25) is 4.79 Å². The average Bonchev–Trinajstić information content (AvgIpc) is 2.42. The smallest absolute Gasteiger partial charge is 0.232 e. The van der Waals surface area contributed by atoms with Crippen LogP contribution >= 0.6 is 11.6 Å². The Morgan fingerprint density at radius 2 is 2.10 bits per heavy atom. The Morgan fingerprint density at radius 1 is 1.30 bits per heavy atom. The van der Waals surface area contributed by atoms with Crippen LogP contribution in [0.25, 0.3) is 0 Å². The first-order valence-electron chi connectivity index (χ1n) is 6.27. The predicted molar refractivity (Wildman–Crippen MR) is 77.7 cm³/mol. The molecule has 3 rings (SSSR count). The second-order valence-corrected chi connectivity index (χ2v) is 5.16. The van der Waals surface area contributed by atoms with Gasteiger partial charge in [0.05, 0.1) is 28.3 Å². The number of rotatable bonds is 2. The Morgan fingerprint density at radius 3 is 2.85 bits per heavy atom. The summed E-state index contributed by atoms with van der Waals surface area (Å²) in [6, 6.07) is 14.8. The molecule has 0 radical (unpaired) electrons. The number of carbonyl (C=O) groups excluding carboxylic acids is 1. The monoisotopic (exact) mass is 282 g/mol. The van der Waals surface area contributed by atoms with E-state index in [1.54, 1.807) is 18.2 Å². The van der Waals surface area contributed by atoms with Gasteiger partial charge in [-0.25, -0.2) is 0 Å². The van der Waals surface area contributed by atoms with Crippen LogP contribution in [0.2, 0.25) is 5.02 Å². The molecule has 98 valence electrons. The van der Waals surface area contributed by atoms with Gasteiger partial charge in [-0.2, -0.15) is 5.26 Å². The van der Waals surface area contributed by atoms with Crippen LogP contribution in [-0.4, -0.2) is 5.91 Å². The van der Waals surface area contributed by atoms with Crippen molar-refractivity contribution in [3.05, 3.63) is 64.2 Å². The molecule has 0 fully saturated rings. The number of nitrogens with one attached hydrogen (secondary N) is 1. The summed E-state index contributed by atoms with van der Waals surface area (Å²) in [7, 11) is 0. The van der Waals surface area contributed by atoms with Gasteiger partial charge in [-0.1, -0.05) is 35.9 Å². The number of hydrogen-bond donors (Lipinski definition) is 1. The third-order valence-corrected chi connectivity index (χ3v) is 3.85. The lowest BCUT2D eigenvalue weighted by atomic mass is 9.77. The van der Waals surface area contributed by atoms with Crippen LogP contribution in [0.15, 0.2) is 42.5 Å². The van der Waals surface area contributed by atoms with Crippen LogP contribution in [0.1, 0.15) is 22.6 Å². The molecule has 20 heavy (non-hydrogen) atoms. The zero-order valence-electron chi connectivity index (χ0n) is 10.6. The van der Waals surface area contributed by atoms with Gasteiger partial charge in [0.2, 0.25) is 5.91 Å². The average molecular weight is 283 g/mol. The lowest BCUT2D eigenvalue weighted by Crippen LogP contribution is -2.30. The number of carbonyl (C=O) groups is 1. The highest BCUT2D eigenvalue weighted by Gasteiger charge is 2.31. The Labute approximate surface area is 121 Å². The first kappa shape index (κ1) is 12.7. The normalized spacial score (nSPS) is 15.7. The fraction of sp³-hybridized carbons (Fsp3) is 0.125. The zero-order chi connectivity index (χ0) is 14.1. The van der Waals surface area contributed by atoms with Crippen molar-refractivity contribution in [2.75, 3.05) is 5.32 Å². The largest absolute Gasteiger partial charge is 0.324 e. The minimum atomic E-state index is -0.131. The third kappa shape index (κ3) is 2.15. The Bertz CT molecular complexity index is 733. The summed E-state index contributed by atoms with van der Waals surface area (Å²) in [6.07, 6.45) is 0.748. The molecule has 0 aromatic heterocycles. The van der Waals surface area contributed by atoms with Gasteiger partial charge in [0.15, 0.2) is 0 Å². The van der Waals surface area contributed by atoms with E-state index >= 15 is 0 Å². The molecule has 0 bridgehead atoms. The first-order valence-corrected chi connectivity index (χ1v) is 6.65. The van der Waals surface area contributed by atoms with E-state index in [2.05, 4.69) is 5.32 Å². The van der Waals surface area contributed by atoms with Gasteiger partial charge < -0.3 is 5.32 Å². The molecule has 0 saturated heterocycles. The molecule has 1 unspecified atom stereocenters. The molecule has 0 spiro atoms. The maximum Gasteiger partial charge on any atom is 0.232 e. The number of nitrogens with zero attached hydrogens (tertiary/aromatic N) is 1. The summed E-state index contributed by atoms with van der Waals surface area (Å²) in [4.78, 5) is 12.3. The second-order valence-electron chi connectivity index (χ2n) is 4.75. The minimum absolute atomic E-state index is 0.0827. The number of anilines is 1. The van der Waals surface area contributed by atoms with E-state index in [0.29, 0.717) is 16.3 Å². The van der Waals surface area contributed by atoms with Gasteiger partial charge in [0.25, 0.3) is 0 Å². The standard InChI is InChI=1S/C16H11ClN2O/c17-14-6-5-10(9-18)7-15(14)19-16(20)13-8-11-3-1-2-4-12(11)13/h1-7,13H,8H2,(H,19,20). The second kappa shape index (κ2) is 4.99. The number of hydrogen-bond acceptors (Lipinski definition) is 2. The molecule has 1 atom stereocenters. The lowest BCUT2D eigenvalue weighted by Gasteiger charge is -2.29. The van der Waals surface area contributed by atoms with E-state index < -0.39 is 0 Å². The summed E-state index contributed by atoms with van der Waals surface area (Å²) < 4.78 is 0. The molecule has 0 heterocycles. The molecule has 4 heteroatoms. The molecule has 3 nitrogen and oxygen atoms in total. The molecule has 1 amide bonds. The van der Waals surface area contributed by atoms with Crippen LogP contribution in [0, 0.1) is 11.3 Å². The van der Waals surface area contributed by atoms with E-state index in [1.165, 1.54) is 5.56 Å². The van der Waals surface area contributed by atoms with Crippen LogP contribution in [-0.2, 0) is 11.2 Å². The third-order valence-electron chi connectivity index (χ3n) is 3.52. The van der Waals surface area contributed by atoms with Gasteiger partial charge in [-0.05, 0) is 35.7 Å². The van der Waals surface area contributed by atoms with Crippen molar-refractivity contribution >= 4 is 23.2 Å². The van der Waals surface area contributed by atoms with Crippen LogP contribution in [0.4, 0.5) is 5.69 Å². The van der Waals surface area contributed by atoms with Crippen LogP contribution in [0.3, 0.4) is 0 Å². The highest BCUT2D eigenvalue weighted by atomic mass is 35.5. The van der Waals surface area contributed by atoms with Crippen molar-refractivity contribution in [1.29, 1.82) is 5.26 Å². The zero-order valence-corrected chi connectivity index (χ0v) is 11.3. The summed E-state index contributed by atoms with van der Waals surface area (Å²) >= 11 is 6.04. The molecular formula is C16H11ClN2O. The fourth-order valence-corrected chi connectivity index (χ4v) is 2.57. The van der Waals surface area contributed by atoms with E-state index in [9.17, 15) is 4.79 Å². The molecule has 0 aliphatic heterocycles. The van der Waals surface area contributed by atoms with Gasteiger partial charge >= 0.3 is 0 Å². The quantitative estimate of drug-likeness (QED) is 0.917. The molecular weight excluding hydrogens is 272 g/mol. The van der Waals surface area contributed by atoms with Crippen LogP contribution < -0.4 is 5.32 Å². The highest BCUT2D eigenvalue weighted by molar-refractivity contribution is 6.33. The number of halogens is 1. The number of nitriles is 1. The maximum atomic E-state index is 12.3. The molecule has 1 N–H and O–H groups in total. The minimum Gasteiger partial charge on any atom is -0.324 e. The van der Waals surface area contributed by atoms with E-state index in [1.807, 2.05) is 30.3 Å². The Balaban J connectivity index is 1.80. The fourth-order valence-electron chi connectivity index (χ4n) is 2.40. The van der Waals surface area contributed by atoms with E-state index in [4.69, 9.17) is 16.9 Å². The van der Waals surface area contributed by atoms with Crippen LogP contribution in [0.5, 0.6) is 0 Å². The summed E-state index contributed by atoms with van der Waals surface area (Å²) in [6.45, 7) is 0. The number of fused-ring (bicyclic) bond motifs is 1. The molecule has 1 aliphatic rings. The topological polar surface area (TPSA) is 52.9 Å². The number of benzene rings is 2. The lowest BCUT2D eigenvalue weighted by molar-refractivity contribution is -0.118. The number of amides is 1. The molecule has 2 aromatic carbocycles. The van der Waals surface area contributed by atoms with Gasteiger partial charge in [0.1, 0.15) is 0 Å². The summed E-state index contributed by atoms with van der Waals surface area (Å²) in [5, 5.41) is 12.1. The van der Waals surface area contributed by atoms with Crippen molar-refractivity contribution in [2.24, 2.45) is 0 Å². The van der Waals surface area contributed by atoms with Gasteiger partial charge in [0, 0.05) is 0 Å². The SMILES string of the molecule is N#Cc1ccc(Cl)c(NC(=O)C2Cc3ccccc32)c1. The molecule has 0 saturated carbocycles. The molecule has 2 aromatic rings. The summed E-state index contributed by atoms with van der Waals surface area (Å²) in [5.74, 6) is -0.214. The van der Waals surface area contributed by atoms with Gasteiger partial charge in [-0.15, -0.1) is 0 Å². The first-order chi connectivity index (χ1) is 9.69. The van der Waals surface area contributed by atoms with Crippen molar-refractivity contribution in [1.82, 2.24) is 0 Å². The predicted octanol–water partition coefficient (Wildman–Crippen LogP) is 3.49. The van der Waals surface area contributed by atoms with Crippen molar-refractivity contribution in [2.45, 2.75) is 12.3 Å². The maximum absolute atomic E-state index is 12.3. The highest BCUT2D eigenvalue weighted by Crippen LogP contribution is 2.36. The Hall–Kier alpha value is -2.31.